The van der Waals surface area contributed by atoms with Crippen molar-refractivity contribution in [3.05, 3.63) is 59.2 Å². The molecule has 0 unspecified atom stereocenters. The summed E-state index contributed by atoms with van der Waals surface area (Å²) >= 11 is 0. The standard InChI is InChI=1S/C23H31NO3/c1-6-7-13-23(4,26-5)22(25)24-20-14-17(2)21(18(3)15-20)27-16-19-11-9-8-10-12-19/h8-12,14-15H,6-7,13,16H2,1-5H3,(H,24,25)/t23-/m0/s1. The zero-order valence-corrected chi connectivity index (χ0v) is 17.1. The molecule has 0 heterocycles. The Labute approximate surface area is 162 Å². The van der Waals surface area contributed by atoms with Crippen LogP contribution in [0.5, 0.6) is 5.75 Å². The van der Waals surface area contributed by atoms with E-state index in [0.29, 0.717) is 13.0 Å². The number of carbonyl (C=O) groups is 1. The van der Waals surface area contributed by atoms with E-state index in [0.717, 1.165) is 41.0 Å². The number of carbonyl (C=O) groups excluding carboxylic acids is 1. The van der Waals surface area contributed by atoms with E-state index in [-0.39, 0.29) is 5.91 Å². The van der Waals surface area contributed by atoms with Gasteiger partial charge in [-0.1, -0.05) is 50.1 Å². The molecule has 1 atom stereocenters. The number of rotatable bonds is 9. The molecule has 2 rings (SSSR count). The maximum Gasteiger partial charge on any atom is 0.256 e. The summed E-state index contributed by atoms with van der Waals surface area (Å²) in [5.74, 6) is 0.743. The van der Waals surface area contributed by atoms with Crippen molar-refractivity contribution >= 4 is 11.6 Å². The molecule has 4 nitrogen and oxygen atoms in total. The Morgan fingerprint density at radius 2 is 1.74 bits per heavy atom. The lowest BCUT2D eigenvalue weighted by atomic mass is 9.97. The van der Waals surface area contributed by atoms with Crippen LogP contribution in [-0.4, -0.2) is 18.6 Å². The molecule has 146 valence electrons. The number of nitrogens with one attached hydrogen (secondary N) is 1. The van der Waals surface area contributed by atoms with Gasteiger partial charge >= 0.3 is 0 Å². The Morgan fingerprint density at radius 1 is 1.11 bits per heavy atom. The third kappa shape index (κ3) is 5.57. The quantitative estimate of drug-likeness (QED) is 0.642. The molecule has 0 spiro atoms. The highest BCUT2D eigenvalue weighted by molar-refractivity contribution is 5.97. The van der Waals surface area contributed by atoms with Crippen molar-refractivity contribution in [1.82, 2.24) is 0 Å². The lowest BCUT2D eigenvalue weighted by molar-refractivity contribution is -0.136. The van der Waals surface area contributed by atoms with E-state index in [1.807, 2.05) is 63.2 Å². The highest BCUT2D eigenvalue weighted by Crippen LogP contribution is 2.29. The lowest BCUT2D eigenvalue weighted by Gasteiger charge is -2.27. The first kappa shape index (κ1) is 21.0. The van der Waals surface area contributed by atoms with Crippen molar-refractivity contribution in [2.75, 3.05) is 12.4 Å². The van der Waals surface area contributed by atoms with E-state index in [4.69, 9.17) is 9.47 Å². The van der Waals surface area contributed by atoms with Gasteiger partial charge in [-0.25, -0.2) is 0 Å². The zero-order valence-electron chi connectivity index (χ0n) is 17.1. The predicted molar refractivity (Wildman–Crippen MR) is 110 cm³/mol. The number of amides is 1. The molecule has 4 heteroatoms. The second-order valence-electron chi connectivity index (χ2n) is 7.21. The van der Waals surface area contributed by atoms with Gasteiger partial charge in [0.1, 0.15) is 18.0 Å². The molecule has 1 N–H and O–H groups in total. The van der Waals surface area contributed by atoms with Crippen LogP contribution in [0, 0.1) is 13.8 Å². The lowest BCUT2D eigenvalue weighted by Crippen LogP contribution is -2.41. The molecular formula is C23H31NO3. The summed E-state index contributed by atoms with van der Waals surface area (Å²) < 4.78 is 11.5. The summed E-state index contributed by atoms with van der Waals surface area (Å²) in [7, 11) is 1.59. The van der Waals surface area contributed by atoms with Crippen LogP contribution >= 0.6 is 0 Å². The van der Waals surface area contributed by atoms with Gasteiger partial charge in [-0.15, -0.1) is 0 Å². The Hall–Kier alpha value is -2.33. The fourth-order valence-electron chi connectivity index (χ4n) is 3.07. The van der Waals surface area contributed by atoms with Crippen LogP contribution in [0.25, 0.3) is 0 Å². The molecule has 2 aromatic rings. The maximum atomic E-state index is 12.7. The van der Waals surface area contributed by atoms with E-state index < -0.39 is 5.60 Å². The highest BCUT2D eigenvalue weighted by atomic mass is 16.5. The summed E-state index contributed by atoms with van der Waals surface area (Å²) in [6, 6.07) is 14.0. The number of hydrogen-bond donors (Lipinski definition) is 1. The Bertz CT molecular complexity index is 734. The Balaban J connectivity index is 2.10. The van der Waals surface area contributed by atoms with Crippen molar-refractivity contribution in [1.29, 1.82) is 0 Å². The summed E-state index contributed by atoms with van der Waals surface area (Å²) in [5.41, 5.74) is 3.06. The minimum Gasteiger partial charge on any atom is -0.488 e. The second-order valence-corrected chi connectivity index (χ2v) is 7.21. The van der Waals surface area contributed by atoms with Crippen LogP contribution in [0.1, 0.15) is 49.8 Å². The largest absolute Gasteiger partial charge is 0.488 e. The summed E-state index contributed by atoms with van der Waals surface area (Å²) in [6.45, 7) is 8.46. The topological polar surface area (TPSA) is 47.6 Å². The van der Waals surface area contributed by atoms with Crippen molar-refractivity contribution in [2.24, 2.45) is 0 Å². The molecule has 0 radical (unpaired) electrons. The first-order valence-electron chi connectivity index (χ1n) is 9.54. The van der Waals surface area contributed by atoms with Crippen LogP contribution in [0.15, 0.2) is 42.5 Å². The Morgan fingerprint density at radius 3 is 2.30 bits per heavy atom. The second kappa shape index (κ2) is 9.56. The van der Waals surface area contributed by atoms with Crippen LogP contribution < -0.4 is 10.1 Å². The van der Waals surface area contributed by atoms with Gasteiger partial charge in [0.25, 0.3) is 5.91 Å². The number of unbranched alkanes of at least 4 members (excludes halogenated alkanes) is 1. The number of methoxy groups -OCH3 is 1. The maximum absolute atomic E-state index is 12.7. The van der Waals surface area contributed by atoms with Crippen molar-refractivity contribution in [3.8, 4) is 5.75 Å². The van der Waals surface area contributed by atoms with Crippen LogP contribution in [-0.2, 0) is 16.1 Å². The van der Waals surface area contributed by atoms with E-state index in [1.165, 1.54) is 0 Å². The Kier molecular flexibility index (Phi) is 7.43. The fraction of sp³-hybridized carbons (Fsp3) is 0.435. The van der Waals surface area contributed by atoms with Crippen molar-refractivity contribution < 1.29 is 14.3 Å². The average Bonchev–Trinajstić information content (AvgIpc) is 2.66. The van der Waals surface area contributed by atoms with E-state index >= 15 is 0 Å². The molecule has 0 saturated heterocycles. The number of aryl methyl sites for hydroxylation is 2. The molecule has 2 aromatic carbocycles. The van der Waals surface area contributed by atoms with Crippen LogP contribution in [0.2, 0.25) is 0 Å². The van der Waals surface area contributed by atoms with Gasteiger partial charge in [0, 0.05) is 12.8 Å². The molecule has 27 heavy (non-hydrogen) atoms. The molecule has 0 aliphatic carbocycles. The molecule has 0 aromatic heterocycles. The van der Waals surface area contributed by atoms with E-state index in [1.54, 1.807) is 7.11 Å². The molecule has 0 bridgehead atoms. The number of hydrogen-bond acceptors (Lipinski definition) is 3. The first-order chi connectivity index (χ1) is 12.9. The average molecular weight is 370 g/mol. The van der Waals surface area contributed by atoms with Gasteiger partial charge in [-0.05, 0) is 56.0 Å². The normalized spacial score (nSPS) is 13.1. The number of anilines is 1. The SMILES string of the molecule is CCCC[C@](C)(OC)C(=O)Nc1cc(C)c(OCc2ccccc2)c(C)c1. The van der Waals surface area contributed by atoms with E-state index in [9.17, 15) is 4.79 Å². The molecular weight excluding hydrogens is 338 g/mol. The van der Waals surface area contributed by atoms with Gasteiger partial charge < -0.3 is 14.8 Å². The number of ether oxygens (including phenoxy) is 2. The van der Waals surface area contributed by atoms with Gasteiger partial charge in [-0.3, -0.25) is 4.79 Å². The first-order valence-corrected chi connectivity index (χ1v) is 9.54. The van der Waals surface area contributed by atoms with Gasteiger partial charge in [0.2, 0.25) is 0 Å². The van der Waals surface area contributed by atoms with Gasteiger partial charge in [0.15, 0.2) is 0 Å². The smallest absolute Gasteiger partial charge is 0.256 e. The summed E-state index contributed by atoms with van der Waals surface area (Å²) in [4.78, 5) is 12.7. The molecule has 0 aliphatic rings. The van der Waals surface area contributed by atoms with Crippen LogP contribution in [0.3, 0.4) is 0 Å². The zero-order chi connectivity index (χ0) is 19.9. The molecule has 0 fully saturated rings. The highest BCUT2D eigenvalue weighted by Gasteiger charge is 2.32. The fourth-order valence-corrected chi connectivity index (χ4v) is 3.07. The monoisotopic (exact) mass is 369 g/mol. The predicted octanol–water partition coefficient (Wildman–Crippen LogP) is 5.42. The summed E-state index contributed by atoms with van der Waals surface area (Å²) in [6.07, 6.45) is 2.67. The van der Waals surface area contributed by atoms with Crippen molar-refractivity contribution in [2.45, 2.75) is 59.2 Å². The summed E-state index contributed by atoms with van der Waals surface area (Å²) in [5, 5.41) is 3.01. The minimum absolute atomic E-state index is 0.116. The van der Waals surface area contributed by atoms with Crippen LogP contribution in [0.4, 0.5) is 5.69 Å². The third-order valence-corrected chi connectivity index (χ3v) is 4.88. The molecule has 0 aliphatic heterocycles. The van der Waals surface area contributed by atoms with E-state index in [2.05, 4.69) is 12.2 Å². The van der Waals surface area contributed by atoms with Crippen molar-refractivity contribution in [3.63, 3.8) is 0 Å². The third-order valence-electron chi connectivity index (χ3n) is 4.88. The molecule has 0 saturated carbocycles. The number of benzene rings is 2. The minimum atomic E-state index is -0.819. The van der Waals surface area contributed by atoms with Gasteiger partial charge in [-0.2, -0.15) is 0 Å². The van der Waals surface area contributed by atoms with Gasteiger partial charge in [0.05, 0.1) is 0 Å². The molecule has 1 amide bonds.